The van der Waals surface area contributed by atoms with Crippen LogP contribution in [0.2, 0.25) is 0 Å². The van der Waals surface area contributed by atoms with Crippen molar-refractivity contribution >= 4 is 27.5 Å². The molecule has 41 heavy (non-hydrogen) atoms. The van der Waals surface area contributed by atoms with Gasteiger partial charge in [0.05, 0.1) is 36.2 Å². The van der Waals surface area contributed by atoms with E-state index in [1.165, 1.54) is 29.1 Å². The van der Waals surface area contributed by atoms with E-state index in [4.69, 9.17) is 18.6 Å². The summed E-state index contributed by atoms with van der Waals surface area (Å²) in [5, 5.41) is 3.25. The molecule has 6 rings (SSSR count). The number of hydrogen-bond acceptors (Lipinski definition) is 9. The van der Waals surface area contributed by atoms with Gasteiger partial charge in [-0.15, -0.1) is 11.3 Å². The number of oxazole rings is 1. The average molecular weight is 581 g/mol. The number of carbonyl (C=O) groups excluding carboxylic acids is 1. The first-order chi connectivity index (χ1) is 19.8. The predicted molar refractivity (Wildman–Crippen MR) is 152 cm³/mol. The van der Waals surface area contributed by atoms with Crippen LogP contribution in [-0.4, -0.2) is 46.5 Å². The topological polar surface area (TPSA) is 127 Å². The lowest BCUT2D eigenvalue weighted by molar-refractivity contribution is -0.120. The smallest absolute Gasteiger partial charge is 0.334 e. The van der Waals surface area contributed by atoms with Crippen LogP contribution in [0, 0.1) is 6.92 Å². The molecule has 0 bridgehead atoms. The molecule has 216 valence electrons. The van der Waals surface area contributed by atoms with E-state index in [0.29, 0.717) is 58.4 Å². The van der Waals surface area contributed by atoms with Gasteiger partial charge in [-0.1, -0.05) is 18.2 Å². The Morgan fingerprint density at radius 3 is 2.66 bits per heavy atom. The second kappa shape index (κ2) is 10.9. The SMILES string of the molecule is COc1ccccc1C(Cn1c(=O)n(C2(NC(C)=O)CC2)c(=O)c2c(C)c(-c3ncco3)sc21)OC1CCOCC1. The first kappa shape index (κ1) is 27.4. The monoisotopic (exact) mass is 580 g/mol. The second-order valence-corrected chi connectivity index (χ2v) is 11.5. The third-order valence-electron chi connectivity index (χ3n) is 7.76. The zero-order valence-electron chi connectivity index (χ0n) is 23.2. The molecular formula is C29H32N4O7S. The first-order valence-electron chi connectivity index (χ1n) is 13.7. The molecule has 4 aromatic rings. The fourth-order valence-corrected chi connectivity index (χ4v) is 6.87. The van der Waals surface area contributed by atoms with Gasteiger partial charge < -0.3 is 23.9 Å². The zero-order chi connectivity index (χ0) is 28.7. The van der Waals surface area contributed by atoms with E-state index in [1.54, 1.807) is 17.9 Å². The number of methoxy groups -OCH3 is 1. The number of aryl methyl sites for hydroxylation is 1. The molecule has 4 heterocycles. The summed E-state index contributed by atoms with van der Waals surface area (Å²) in [7, 11) is 1.60. The van der Waals surface area contributed by atoms with E-state index in [2.05, 4.69) is 10.3 Å². The minimum absolute atomic E-state index is 0.0714. The Morgan fingerprint density at radius 1 is 1.24 bits per heavy atom. The molecule has 3 aromatic heterocycles. The third-order valence-corrected chi connectivity index (χ3v) is 9.06. The number of aromatic nitrogens is 3. The minimum atomic E-state index is -1.06. The summed E-state index contributed by atoms with van der Waals surface area (Å²) < 4.78 is 26.3. The van der Waals surface area contributed by atoms with Gasteiger partial charge >= 0.3 is 5.69 Å². The number of fused-ring (bicyclic) bond motifs is 1. The summed E-state index contributed by atoms with van der Waals surface area (Å²) in [5.41, 5.74) is -0.557. The van der Waals surface area contributed by atoms with Crippen LogP contribution in [-0.2, 0) is 26.5 Å². The lowest BCUT2D eigenvalue weighted by Gasteiger charge is -2.30. The fourth-order valence-electron chi connectivity index (χ4n) is 5.63. The van der Waals surface area contributed by atoms with Crippen molar-refractivity contribution in [2.45, 2.75) is 63.9 Å². The molecule has 1 unspecified atom stereocenters. The van der Waals surface area contributed by atoms with Gasteiger partial charge in [0.15, 0.2) is 0 Å². The lowest BCUT2D eigenvalue weighted by Crippen LogP contribution is -2.52. The van der Waals surface area contributed by atoms with Crippen LogP contribution in [0.4, 0.5) is 0 Å². The molecule has 0 spiro atoms. The highest BCUT2D eigenvalue weighted by atomic mass is 32.1. The fraction of sp³-hybridized carbons (Fsp3) is 0.448. The van der Waals surface area contributed by atoms with Crippen molar-refractivity contribution in [3.05, 3.63) is 68.7 Å². The van der Waals surface area contributed by atoms with E-state index in [0.717, 1.165) is 18.4 Å². The number of ether oxygens (including phenoxy) is 3. The number of carbonyl (C=O) groups is 1. The quantitative estimate of drug-likeness (QED) is 0.318. The number of para-hydroxylation sites is 1. The normalized spacial score (nSPS) is 17.4. The number of hydrogen-bond donors (Lipinski definition) is 1. The van der Waals surface area contributed by atoms with Crippen molar-refractivity contribution in [1.29, 1.82) is 0 Å². The highest BCUT2D eigenvalue weighted by Gasteiger charge is 2.49. The summed E-state index contributed by atoms with van der Waals surface area (Å²) in [6.07, 6.45) is 4.80. The predicted octanol–water partition coefficient (Wildman–Crippen LogP) is 3.72. The van der Waals surface area contributed by atoms with Gasteiger partial charge in [0, 0.05) is 25.7 Å². The molecule has 11 nitrogen and oxygen atoms in total. The number of nitrogens with one attached hydrogen (secondary N) is 1. The maximum Gasteiger partial charge on any atom is 0.334 e. The Bertz CT molecular complexity index is 1690. The van der Waals surface area contributed by atoms with E-state index in [-0.39, 0.29) is 18.6 Å². The van der Waals surface area contributed by atoms with Crippen LogP contribution in [0.15, 0.2) is 50.7 Å². The van der Waals surface area contributed by atoms with Gasteiger partial charge in [0.1, 0.15) is 28.6 Å². The summed E-state index contributed by atoms with van der Waals surface area (Å²) in [5.74, 6) is 0.705. The van der Waals surface area contributed by atoms with Crippen LogP contribution in [0.5, 0.6) is 5.75 Å². The van der Waals surface area contributed by atoms with Gasteiger partial charge in [-0.25, -0.2) is 14.3 Å². The van der Waals surface area contributed by atoms with Gasteiger partial charge in [0.25, 0.3) is 5.56 Å². The Morgan fingerprint density at radius 2 is 2.00 bits per heavy atom. The molecule has 1 aliphatic heterocycles. The molecule has 1 aromatic carbocycles. The van der Waals surface area contributed by atoms with Crippen molar-refractivity contribution in [3.8, 4) is 16.5 Å². The molecule has 2 fully saturated rings. The van der Waals surface area contributed by atoms with Crippen LogP contribution >= 0.6 is 11.3 Å². The number of nitrogens with zero attached hydrogens (tertiary/aromatic N) is 3. The van der Waals surface area contributed by atoms with Crippen LogP contribution < -0.4 is 21.3 Å². The molecule has 1 saturated heterocycles. The number of benzene rings is 1. The number of amides is 1. The first-order valence-corrected chi connectivity index (χ1v) is 14.5. The molecule has 1 atom stereocenters. The van der Waals surface area contributed by atoms with Crippen LogP contribution in [0.25, 0.3) is 21.0 Å². The number of thiophene rings is 1. The molecule has 1 amide bonds. The van der Waals surface area contributed by atoms with Crippen molar-refractivity contribution in [2.24, 2.45) is 0 Å². The zero-order valence-corrected chi connectivity index (χ0v) is 24.0. The van der Waals surface area contributed by atoms with Gasteiger partial charge in [-0.3, -0.25) is 14.2 Å². The van der Waals surface area contributed by atoms with Gasteiger partial charge in [-0.2, -0.15) is 0 Å². The Hall–Kier alpha value is -3.74. The summed E-state index contributed by atoms with van der Waals surface area (Å²) in [6, 6.07) is 7.58. The molecular weight excluding hydrogens is 548 g/mol. The third kappa shape index (κ3) is 5.00. The van der Waals surface area contributed by atoms with Crippen molar-refractivity contribution in [2.75, 3.05) is 20.3 Å². The summed E-state index contributed by atoms with van der Waals surface area (Å²) in [6.45, 7) is 4.53. The van der Waals surface area contributed by atoms with Crippen molar-refractivity contribution < 1.29 is 23.4 Å². The van der Waals surface area contributed by atoms with E-state index >= 15 is 0 Å². The standard InChI is InChI=1S/C29H32N4O7S/c1-17-23-26(35)33(29(10-11-29)31-18(2)34)28(36)32(27(23)41-24(17)25-30-12-15-39-25)16-22(40-19-8-13-38-14-9-19)20-6-4-5-7-21(20)37-3/h4-7,12,15,19,22H,8-11,13-14,16H2,1-3H3,(H,31,34). The molecule has 1 N–H and O–H groups in total. The maximum absolute atomic E-state index is 14.3. The number of rotatable bonds is 9. The second-order valence-electron chi connectivity index (χ2n) is 10.5. The van der Waals surface area contributed by atoms with Gasteiger partial charge in [0.2, 0.25) is 11.8 Å². The van der Waals surface area contributed by atoms with E-state index in [9.17, 15) is 14.4 Å². The van der Waals surface area contributed by atoms with Crippen molar-refractivity contribution in [3.63, 3.8) is 0 Å². The van der Waals surface area contributed by atoms with Crippen LogP contribution in [0.1, 0.15) is 49.8 Å². The summed E-state index contributed by atoms with van der Waals surface area (Å²) in [4.78, 5) is 45.9. The average Bonchev–Trinajstić information content (AvgIpc) is 3.35. The lowest BCUT2D eigenvalue weighted by atomic mass is 10.1. The molecule has 12 heteroatoms. The summed E-state index contributed by atoms with van der Waals surface area (Å²) >= 11 is 1.28. The molecule has 0 radical (unpaired) electrons. The molecule has 1 aliphatic carbocycles. The molecule has 2 aliphatic rings. The highest BCUT2D eigenvalue weighted by Crippen LogP contribution is 2.41. The largest absolute Gasteiger partial charge is 0.496 e. The minimum Gasteiger partial charge on any atom is -0.496 e. The molecule has 1 saturated carbocycles. The van der Waals surface area contributed by atoms with E-state index < -0.39 is 23.0 Å². The maximum atomic E-state index is 14.3. The Kier molecular flexibility index (Phi) is 7.30. The van der Waals surface area contributed by atoms with Crippen molar-refractivity contribution in [1.82, 2.24) is 19.4 Å². The van der Waals surface area contributed by atoms with Gasteiger partial charge in [-0.05, 0) is 44.2 Å². The Labute approximate surface area is 239 Å². The van der Waals surface area contributed by atoms with E-state index in [1.807, 2.05) is 31.2 Å². The van der Waals surface area contributed by atoms with Crippen LogP contribution in [0.3, 0.4) is 0 Å². The Balaban J connectivity index is 1.56. The highest BCUT2D eigenvalue weighted by molar-refractivity contribution is 7.22.